The average Bonchev–Trinajstić information content (AvgIpc) is 2.45. The maximum absolute atomic E-state index is 5.52. The number of ether oxygens (including phenoxy) is 1. The van der Waals surface area contributed by atoms with E-state index in [2.05, 4.69) is 27.5 Å². The molecule has 2 aromatic rings. The van der Waals surface area contributed by atoms with E-state index < -0.39 is 0 Å². The molecule has 1 aromatic carbocycles. The van der Waals surface area contributed by atoms with Gasteiger partial charge in [0.2, 0.25) is 11.8 Å². The quantitative estimate of drug-likeness (QED) is 0.460. The van der Waals surface area contributed by atoms with Gasteiger partial charge in [-0.05, 0) is 18.4 Å². The van der Waals surface area contributed by atoms with Gasteiger partial charge in [-0.2, -0.15) is 4.98 Å². The molecule has 0 aliphatic heterocycles. The molecule has 0 bridgehead atoms. The van der Waals surface area contributed by atoms with Crippen LogP contribution in [-0.4, -0.2) is 16.6 Å². The summed E-state index contributed by atoms with van der Waals surface area (Å²) in [6.07, 6.45) is 3.54. The van der Waals surface area contributed by atoms with Crippen LogP contribution in [-0.2, 0) is 6.42 Å². The van der Waals surface area contributed by atoms with Crippen molar-refractivity contribution in [2.45, 2.75) is 12.8 Å². The standard InChI is InChI=1S/C13H16N4O/c14-17-13-15-9-8-12(16-13)18-10-4-7-11-5-2-1-3-6-11/h1-3,5-6,8-9H,4,7,10,14H2,(H,15,16,17). The minimum absolute atomic E-state index is 0.357. The van der Waals surface area contributed by atoms with Crippen molar-refractivity contribution >= 4 is 5.95 Å². The number of nitrogens with two attached hydrogens (primary N) is 1. The second-order valence-corrected chi connectivity index (χ2v) is 3.80. The van der Waals surface area contributed by atoms with Crippen LogP contribution in [0.2, 0.25) is 0 Å². The number of hydrogen-bond acceptors (Lipinski definition) is 5. The van der Waals surface area contributed by atoms with Crippen LogP contribution in [0, 0.1) is 0 Å². The molecule has 0 fully saturated rings. The van der Waals surface area contributed by atoms with Crippen molar-refractivity contribution in [3.05, 3.63) is 48.2 Å². The summed E-state index contributed by atoms with van der Waals surface area (Å²) < 4.78 is 5.52. The first kappa shape index (κ1) is 12.3. The number of aryl methyl sites for hydroxylation is 1. The van der Waals surface area contributed by atoms with Gasteiger partial charge < -0.3 is 4.74 Å². The number of nitrogens with zero attached hydrogens (tertiary/aromatic N) is 2. The van der Waals surface area contributed by atoms with Crippen LogP contribution in [0.1, 0.15) is 12.0 Å². The molecule has 3 N–H and O–H groups in total. The highest BCUT2D eigenvalue weighted by Gasteiger charge is 1.98. The number of benzene rings is 1. The van der Waals surface area contributed by atoms with E-state index in [0.717, 1.165) is 12.8 Å². The number of nitrogens with one attached hydrogen (secondary N) is 1. The number of hydrazine groups is 1. The average molecular weight is 244 g/mol. The second kappa shape index (κ2) is 6.56. The Morgan fingerprint density at radius 2 is 2.00 bits per heavy atom. The lowest BCUT2D eigenvalue weighted by molar-refractivity contribution is 0.299. The Hall–Kier alpha value is -2.14. The third-order valence-corrected chi connectivity index (χ3v) is 2.46. The molecule has 0 saturated heterocycles. The first-order chi connectivity index (χ1) is 8.88. The molecule has 2 rings (SSSR count). The summed E-state index contributed by atoms with van der Waals surface area (Å²) in [5.41, 5.74) is 3.69. The maximum Gasteiger partial charge on any atom is 0.240 e. The van der Waals surface area contributed by atoms with Crippen molar-refractivity contribution in [2.24, 2.45) is 5.84 Å². The molecule has 1 heterocycles. The monoisotopic (exact) mass is 244 g/mol. The van der Waals surface area contributed by atoms with Gasteiger partial charge in [0.25, 0.3) is 0 Å². The molecule has 5 heteroatoms. The highest BCUT2D eigenvalue weighted by atomic mass is 16.5. The zero-order chi connectivity index (χ0) is 12.6. The molecular weight excluding hydrogens is 228 g/mol. The highest BCUT2D eigenvalue weighted by molar-refractivity contribution is 5.25. The van der Waals surface area contributed by atoms with Gasteiger partial charge in [-0.3, -0.25) is 5.43 Å². The van der Waals surface area contributed by atoms with Gasteiger partial charge in [0.05, 0.1) is 6.61 Å². The normalized spacial score (nSPS) is 10.1. The minimum Gasteiger partial charge on any atom is -0.478 e. The molecular formula is C13H16N4O. The van der Waals surface area contributed by atoms with Gasteiger partial charge in [-0.1, -0.05) is 30.3 Å². The number of hydrogen-bond donors (Lipinski definition) is 2. The summed E-state index contributed by atoms with van der Waals surface area (Å²) in [5, 5.41) is 0. The van der Waals surface area contributed by atoms with E-state index in [0.29, 0.717) is 18.4 Å². The van der Waals surface area contributed by atoms with E-state index in [9.17, 15) is 0 Å². The fraction of sp³-hybridized carbons (Fsp3) is 0.231. The molecule has 0 saturated carbocycles. The zero-order valence-corrected chi connectivity index (χ0v) is 10.0. The molecule has 0 aliphatic rings. The second-order valence-electron chi connectivity index (χ2n) is 3.80. The number of anilines is 1. The summed E-state index contributed by atoms with van der Waals surface area (Å²) in [5.74, 6) is 6.11. The molecule has 94 valence electrons. The molecule has 0 spiro atoms. The van der Waals surface area contributed by atoms with Crippen molar-refractivity contribution in [1.29, 1.82) is 0 Å². The SMILES string of the molecule is NNc1nccc(OCCCc2ccccc2)n1. The van der Waals surface area contributed by atoms with E-state index in [4.69, 9.17) is 10.6 Å². The first-order valence-electron chi connectivity index (χ1n) is 5.85. The number of nitrogen functional groups attached to an aromatic ring is 1. The van der Waals surface area contributed by atoms with Crippen molar-refractivity contribution in [3.63, 3.8) is 0 Å². The minimum atomic E-state index is 0.357. The molecule has 18 heavy (non-hydrogen) atoms. The van der Waals surface area contributed by atoms with E-state index in [1.54, 1.807) is 12.3 Å². The first-order valence-corrected chi connectivity index (χ1v) is 5.85. The Morgan fingerprint density at radius 3 is 2.78 bits per heavy atom. The van der Waals surface area contributed by atoms with E-state index in [1.165, 1.54) is 5.56 Å². The summed E-state index contributed by atoms with van der Waals surface area (Å²) in [7, 11) is 0. The molecule has 1 aromatic heterocycles. The van der Waals surface area contributed by atoms with Gasteiger partial charge >= 0.3 is 0 Å². The maximum atomic E-state index is 5.52. The topological polar surface area (TPSA) is 73.1 Å². The van der Waals surface area contributed by atoms with E-state index in [1.807, 2.05) is 18.2 Å². The summed E-state index contributed by atoms with van der Waals surface area (Å²) in [6, 6.07) is 12.0. The van der Waals surface area contributed by atoms with Gasteiger partial charge in [-0.25, -0.2) is 10.8 Å². The predicted molar refractivity (Wildman–Crippen MR) is 70.1 cm³/mol. The predicted octanol–water partition coefficient (Wildman–Crippen LogP) is 1.77. The Morgan fingerprint density at radius 1 is 1.17 bits per heavy atom. The van der Waals surface area contributed by atoms with Crippen LogP contribution in [0.3, 0.4) is 0 Å². The molecule has 0 unspecified atom stereocenters. The summed E-state index contributed by atoms with van der Waals surface area (Å²) >= 11 is 0. The molecule has 0 amide bonds. The fourth-order valence-corrected chi connectivity index (χ4v) is 1.59. The highest BCUT2D eigenvalue weighted by Crippen LogP contribution is 2.08. The lowest BCUT2D eigenvalue weighted by atomic mass is 10.1. The Bertz CT molecular complexity index is 475. The molecule has 0 aliphatic carbocycles. The van der Waals surface area contributed by atoms with Crippen molar-refractivity contribution in [3.8, 4) is 5.88 Å². The van der Waals surface area contributed by atoms with Crippen LogP contribution < -0.4 is 16.0 Å². The smallest absolute Gasteiger partial charge is 0.240 e. The Labute approximate surface area is 106 Å². The Kier molecular flexibility index (Phi) is 4.49. The summed E-state index contributed by atoms with van der Waals surface area (Å²) in [6.45, 7) is 0.621. The van der Waals surface area contributed by atoms with Crippen molar-refractivity contribution < 1.29 is 4.74 Å². The van der Waals surface area contributed by atoms with Crippen LogP contribution in [0.5, 0.6) is 5.88 Å². The largest absolute Gasteiger partial charge is 0.478 e. The van der Waals surface area contributed by atoms with Crippen molar-refractivity contribution in [2.75, 3.05) is 12.0 Å². The van der Waals surface area contributed by atoms with Crippen LogP contribution in [0.25, 0.3) is 0 Å². The fourth-order valence-electron chi connectivity index (χ4n) is 1.59. The van der Waals surface area contributed by atoms with Gasteiger partial charge in [-0.15, -0.1) is 0 Å². The van der Waals surface area contributed by atoms with Gasteiger partial charge in [0.1, 0.15) is 0 Å². The van der Waals surface area contributed by atoms with Crippen LogP contribution >= 0.6 is 0 Å². The van der Waals surface area contributed by atoms with Gasteiger partial charge in [0, 0.05) is 12.3 Å². The lowest BCUT2D eigenvalue weighted by Gasteiger charge is -2.06. The van der Waals surface area contributed by atoms with E-state index in [-0.39, 0.29) is 0 Å². The third kappa shape index (κ3) is 3.71. The Balaban J connectivity index is 1.75. The van der Waals surface area contributed by atoms with Gasteiger partial charge in [0.15, 0.2) is 0 Å². The molecule has 0 atom stereocenters. The lowest BCUT2D eigenvalue weighted by Crippen LogP contribution is -2.11. The molecule has 0 radical (unpaired) electrons. The van der Waals surface area contributed by atoms with Crippen LogP contribution in [0.4, 0.5) is 5.95 Å². The third-order valence-electron chi connectivity index (χ3n) is 2.46. The zero-order valence-electron chi connectivity index (χ0n) is 10.0. The summed E-state index contributed by atoms with van der Waals surface area (Å²) in [4.78, 5) is 7.97. The molecule has 5 nitrogen and oxygen atoms in total. The van der Waals surface area contributed by atoms with Crippen LogP contribution in [0.15, 0.2) is 42.6 Å². The number of aromatic nitrogens is 2. The number of rotatable bonds is 6. The van der Waals surface area contributed by atoms with Crippen molar-refractivity contribution in [1.82, 2.24) is 9.97 Å². The van der Waals surface area contributed by atoms with E-state index >= 15 is 0 Å².